The molecule has 0 spiro atoms. The van der Waals surface area contributed by atoms with E-state index in [1.54, 1.807) is 0 Å². The number of carboxylic acids is 1. The van der Waals surface area contributed by atoms with Crippen LogP contribution in [0.25, 0.3) is 10.4 Å². The highest BCUT2D eigenvalue weighted by Gasteiger charge is 2.18. The molecule has 0 amide bonds. The van der Waals surface area contributed by atoms with E-state index in [1.165, 1.54) is 0 Å². The Kier molecular flexibility index (Phi) is 5.85. The van der Waals surface area contributed by atoms with Crippen LogP contribution in [0.2, 0.25) is 0 Å². The van der Waals surface area contributed by atoms with Gasteiger partial charge in [0.1, 0.15) is 6.04 Å². The van der Waals surface area contributed by atoms with E-state index in [0.717, 1.165) is 16.7 Å². The quantitative estimate of drug-likeness (QED) is 0.342. The fourth-order valence-electron chi connectivity index (χ4n) is 1.73. The highest BCUT2D eigenvalue weighted by Crippen LogP contribution is 2.17. The molecule has 0 aliphatic rings. The maximum atomic E-state index is 11.3. The van der Waals surface area contributed by atoms with Crippen LogP contribution >= 0.6 is 0 Å². The number of hydrogen-bond donors (Lipinski definition) is 2. The number of aryl methyl sites for hydroxylation is 2. The molecule has 0 fully saturated rings. The highest BCUT2D eigenvalue weighted by molar-refractivity contribution is 5.75. The van der Waals surface area contributed by atoms with Gasteiger partial charge in [-0.15, -0.1) is 0 Å². The minimum atomic E-state index is -0.910. The molecule has 0 radical (unpaired) electrons. The van der Waals surface area contributed by atoms with Crippen LogP contribution < -0.4 is 5.32 Å². The molecular weight excluding hydrogens is 244 g/mol. The topological polar surface area (TPSA) is 98.1 Å². The molecule has 0 saturated carbocycles. The van der Waals surface area contributed by atoms with Crippen molar-refractivity contribution in [1.29, 1.82) is 0 Å². The predicted molar refractivity (Wildman–Crippen MR) is 72.9 cm³/mol. The minimum Gasteiger partial charge on any atom is -0.480 e. The molecule has 1 unspecified atom stereocenters. The number of carbonyl (C=O) groups is 1. The van der Waals surface area contributed by atoms with E-state index in [1.807, 2.05) is 32.0 Å². The van der Waals surface area contributed by atoms with E-state index in [4.69, 9.17) is 5.53 Å². The van der Waals surface area contributed by atoms with Gasteiger partial charge >= 0.3 is 5.97 Å². The third-order valence-corrected chi connectivity index (χ3v) is 2.96. The Morgan fingerprint density at radius 2 is 2.21 bits per heavy atom. The van der Waals surface area contributed by atoms with Gasteiger partial charge in [0.2, 0.25) is 0 Å². The first kappa shape index (κ1) is 15.0. The lowest BCUT2D eigenvalue weighted by Crippen LogP contribution is -2.29. The van der Waals surface area contributed by atoms with Gasteiger partial charge < -0.3 is 10.4 Å². The summed E-state index contributed by atoms with van der Waals surface area (Å²) in [6, 6.07) is 4.89. The van der Waals surface area contributed by atoms with Crippen LogP contribution in [0.1, 0.15) is 29.2 Å². The number of azide groups is 1. The van der Waals surface area contributed by atoms with Crippen molar-refractivity contribution in [3.63, 3.8) is 0 Å². The summed E-state index contributed by atoms with van der Waals surface area (Å²) in [5.41, 5.74) is 11.1. The number of rotatable bonds is 7. The summed E-state index contributed by atoms with van der Waals surface area (Å²) in [5.74, 6) is -0.910. The third-order valence-electron chi connectivity index (χ3n) is 2.96. The Bertz CT molecular complexity index is 495. The van der Waals surface area contributed by atoms with Gasteiger partial charge in [-0.1, -0.05) is 23.3 Å². The van der Waals surface area contributed by atoms with Crippen molar-refractivity contribution in [2.24, 2.45) is 5.11 Å². The summed E-state index contributed by atoms with van der Waals surface area (Å²) >= 11 is 0. The van der Waals surface area contributed by atoms with Crippen LogP contribution in [-0.2, 0) is 4.79 Å². The molecule has 19 heavy (non-hydrogen) atoms. The first-order valence-corrected chi connectivity index (χ1v) is 6.10. The van der Waals surface area contributed by atoms with Crippen molar-refractivity contribution < 1.29 is 9.90 Å². The van der Waals surface area contributed by atoms with Gasteiger partial charge in [-0.25, -0.2) is 0 Å². The highest BCUT2D eigenvalue weighted by atomic mass is 16.4. The second-order valence-electron chi connectivity index (χ2n) is 4.38. The zero-order valence-corrected chi connectivity index (χ0v) is 11.1. The minimum absolute atomic E-state index is 0.364. The van der Waals surface area contributed by atoms with Crippen molar-refractivity contribution in [2.45, 2.75) is 26.3 Å². The molecule has 0 aliphatic heterocycles. The van der Waals surface area contributed by atoms with Gasteiger partial charge in [0.05, 0.1) is 0 Å². The van der Waals surface area contributed by atoms with Crippen molar-refractivity contribution in [2.75, 3.05) is 13.1 Å². The number of nitrogens with zero attached hydrogens (tertiary/aromatic N) is 3. The van der Waals surface area contributed by atoms with E-state index in [2.05, 4.69) is 15.3 Å². The Hall–Kier alpha value is -2.04. The van der Waals surface area contributed by atoms with E-state index in [0.29, 0.717) is 19.5 Å². The Morgan fingerprint density at radius 1 is 1.47 bits per heavy atom. The Balaban J connectivity index is 2.69. The van der Waals surface area contributed by atoms with Crippen LogP contribution in [-0.4, -0.2) is 24.2 Å². The van der Waals surface area contributed by atoms with E-state index in [9.17, 15) is 9.90 Å². The van der Waals surface area contributed by atoms with Crippen molar-refractivity contribution >= 4 is 5.97 Å². The van der Waals surface area contributed by atoms with E-state index in [-0.39, 0.29) is 0 Å². The summed E-state index contributed by atoms with van der Waals surface area (Å²) < 4.78 is 0. The second kappa shape index (κ2) is 7.41. The molecule has 1 aromatic rings. The van der Waals surface area contributed by atoms with Gasteiger partial charge in [0.25, 0.3) is 0 Å². The fraction of sp³-hybridized carbons (Fsp3) is 0.462. The summed E-state index contributed by atoms with van der Waals surface area (Å²) in [6.45, 7) is 4.80. The van der Waals surface area contributed by atoms with Crippen molar-refractivity contribution in [3.05, 3.63) is 45.3 Å². The van der Waals surface area contributed by atoms with Gasteiger partial charge in [-0.05, 0) is 49.0 Å². The van der Waals surface area contributed by atoms with Crippen LogP contribution in [0.4, 0.5) is 0 Å². The molecule has 0 bridgehead atoms. The number of aliphatic carboxylic acids is 1. The van der Waals surface area contributed by atoms with Crippen molar-refractivity contribution in [3.8, 4) is 0 Å². The average Bonchev–Trinajstić information content (AvgIpc) is 2.37. The number of nitrogens with one attached hydrogen (secondary N) is 1. The van der Waals surface area contributed by atoms with E-state index >= 15 is 0 Å². The summed E-state index contributed by atoms with van der Waals surface area (Å²) in [5, 5.41) is 15.6. The smallest absolute Gasteiger partial charge is 0.325 e. The van der Waals surface area contributed by atoms with Crippen LogP contribution in [0, 0.1) is 13.8 Å². The Morgan fingerprint density at radius 3 is 2.79 bits per heavy atom. The fourth-order valence-corrected chi connectivity index (χ4v) is 1.73. The molecule has 0 heterocycles. The molecule has 0 aliphatic carbocycles. The number of carboxylic acid groups (broad SMARTS) is 1. The molecule has 6 heteroatoms. The van der Waals surface area contributed by atoms with Gasteiger partial charge in [-0.2, -0.15) is 0 Å². The largest absolute Gasteiger partial charge is 0.480 e. The first-order chi connectivity index (χ1) is 9.06. The third kappa shape index (κ3) is 4.62. The summed E-state index contributed by atoms with van der Waals surface area (Å²) in [6.07, 6.45) is 0.610. The molecule has 1 rings (SSSR count). The molecule has 1 atom stereocenters. The molecular formula is C13H18N4O2. The number of hydrogen-bond acceptors (Lipinski definition) is 3. The molecule has 1 aromatic carbocycles. The maximum Gasteiger partial charge on any atom is 0.325 e. The van der Waals surface area contributed by atoms with Crippen LogP contribution in [0.3, 0.4) is 0 Å². The summed E-state index contributed by atoms with van der Waals surface area (Å²) in [7, 11) is 0. The van der Waals surface area contributed by atoms with Crippen LogP contribution in [0.15, 0.2) is 23.3 Å². The number of benzene rings is 1. The van der Waals surface area contributed by atoms with Gasteiger partial charge in [-0.3, -0.25) is 4.79 Å². The molecule has 102 valence electrons. The van der Waals surface area contributed by atoms with Gasteiger partial charge in [0, 0.05) is 11.5 Å². The lowest BCUT2D eigenvalue weighted by Gasteiger charge is -2.15. The normalized spacial score (nSPS) is 11.7. The zero-order chi connectivity index (χ0) is 14.3. The lowest BCUT2D eigenvalue weighted by molar-refractivity contribution is -0.139. The first-order valence-electron chi connectivity index (χ1n) is 6.10. The zero-order valence-electron chi connectivity index (χ0n) is 11.1. The monoisotopic (exact) mass is 262 g/mol. The average molecular weight is 262 g/mol. The Labute approximate surface area is 112 Å². The van der Waals surface area contributed by atoms with Gasteiger partial charge in [0.15, 0.2) is 0 Å². The predicted octanol–water partition coefficient (Wildman–Crippen LogP) is 2.72. The molecule has 0 saturated heterocycles. The second-order valence-corrected chi connectivity index (χ2v) is 4.38. The van der Waals surface area contributed by atoms with Crippen molar-refractivity contribution in [1.82, 2.24) is 5.32 Å². The molecule has 2 N–H and O–H groups in total. The maximum absolute atomic E-state index is 11.3. The SMILES string of the molecule is Cc1ccc(C(NCCCN=[N+]=[N-])C(=O)O)cc1C. The van der Waals surface area contributed by atoms with E-state index < -0.39 is 12.0 Å². The standard InChI is InChI=1S/C13H18N4O2/c1-9-4-5-11(8-10(9)2)12(13(18)19)15-6-3-7-16-17-14/h4-5,8,12,15H,3,6-7H2,1-2H3,(H,18,19). The molecule has 0 aromatic heterocycles. The lowest BCUT2D eigenvalue weighted by atomic mass is 10.0. The van der Waals surface area contributed by atoms with Crippen LogP contribution in [0.5, 0.6) is 0 Å². The molecule has 6 nitrogen and oxygen atoms in total. The summed E-state index contributed by atoms with van der Waals surface area (Å²) in [4.78, 5) is 13.9.